The summed E-state index contributed by atoms with van der Waals surface area (Å²) in [6.07, 6.45) is 1.08. The molecule has 5 heteroatoms. The van der Waals surface area contributed by atoms with Crippen LogP contribution in [0.4, 0.5) is 5.69 Å². The van der Waals surface area contributed by atoms with E-state index in [9.17, 15) is 15.0 Å². The Kier molecular flexibility index (Phi) is 7.32. The predicted octanol–water partition coefficient (Wildman–Crippen LogP) is 4.73. The molecule has 5 nitrogen and oxygen atoms in total. The standard InChI is InChI=1S/C23H32N2O3/c1-6-11-25(7-2)18-10-8-9-17(12-18)15-24(5)23(28)20-13-19(16(3)4)21(26)14-22(20)27/h8-10,12-14,16,26-27H,6-7,11,15H2,1-5H3. The zero-order valence-electron chi connectivity index (χ0n) is 17.6. The van der Waals surface area contributed by atoms with E-state index in [1.165, 1.54) is 6.07 Å². The Hall–Kier alpha value is -2.69. The summed E-state index contributed by atoms with van der Waals surface area (Å²) in [6, 6.07) is 11.1. The fraction of sp³-hybridized carbons (Fsp3) is 0.435. The van der Waals surface area contributed by atoms with Gasteiger partial charge in [-0.3, -0.25) is 4.79 Å². The highest BCUT2D eigenvalue weighted by Crippen LogP contribution is 2.33. The molecule has 152 valence electrons. The molecule has 0 heterocycles. The van der Waals surface area contributed by atoms with E-state index < -0.39 is 0 Å². The molecule has 0 spiro atoms. The Balaban J connectivity index is 2.22. The Morgan fingerprint density at radius 2 is 1.79 bits per heavy atom. The number of phenolic OH excluding ortho intramolecular Hbond substituents is 2. The van der Waals surface area contributed by atoms with Crippen molar-refractivity contribution in [3.05, 3.63) is 53.1 Å². The van der Waals surface area contributed by atoms with Gasteiger partial charge in [-0.1, -0.05) is 32.9 Å². The highest BCUT2D eigenvalue weighted by molar-refractivity contribution is 5.97. The fourth-order valence-corrected chi connectivity index (χ4v) is 3.37. The van der Waals surface area contributed by atoms with Crippen LogP contribution in [0.3, 0.4) is 0 Å². The molecule has 0 aromatic heterocycles. The van der Waals surface area contributed by atoms with Crippen LogP contribution in [0.1, 0.15) is 61.5 Å². The van der Waals surface area contributed by atoms with Gasteiger partial charge < -0.3 is 20.0 Å². The lowest BCUT2D eigenvalue weighted by Gasteiger charge is -2.24. The second kappa shape index (κ2) is 9.49. The fourth-order valence-electron chi connectivity index (χ4n) is 3.37. The number of hydrogen-bond acceptors (Lipinski definition) is 4. The molecule has 0 unspecified atom stereocenters. The van der Waals surface area contributed by atoms with Crippen molar-refractivity contribution >= 4 is 11.6 Å². The van der Waals surface area contributed by atoms with Crippen molar-refractivity contribution in [2.75, 3.05) is 25.0 Å². The third-order valence-corrected chi connectivity index (χ3v) is 4.91. The van der Waals surface area contributed by atoms with Gasteiger partial charge in [0.1, 0.15) is 11.5 Å². The van der Waals surface area contributed by atoms with Crippen LogP contribution in [0.2, 0.25) is 0 Å². The van der Waals surface area contributed by atoms with Crippen LogP contribution in [0, 0.1) is 0 Å². The monoisotopic (exact) mass is 384 g/mol. The van der Waals surface area contributed by atoms with Gasteiger partial charge in [-0.25, -0.2) is 0 Å². The van der Waals surface area contributed by atoms with E-state index in [2.05, 4.69) is 30.9 Å². The van der Waals surface area contributed by atoms with Crippen molar-refractivity contribution in [3.63, 3.8) is 0 Å². The first kappa shape index (κ1) is 21.6. The molecule has 1 amide bonds. The molecular formula is C23H32N2O3. The van der Waals surface area contributed by atoms with Gasteiger partial charge in [-0.05, 0) is 48.6 Å². The maximum atomic E-state index is 12.9. The third-order valence-electron chi connectivity index (χ3n) is 4.91. The van der Waals surface area contributed by atoms with Gasteiger partial charge in [0.25, 0.3) is 5.91 Å². The Labute approximate surface area is 168 Å². The number of carbonyl (C=O) groups is 1. The van der Waals surface area contributed by atoms with Crippen molar-refractivity contribution in [1.29, 1.82) is 0 Å². The summed E-state index contributed by atoms with van der Waals surface area (Å²) in [5.41, 5.74) is 3.04. The molecule has 2 N–H and O–H groups in total. The number of carbonyl (C=O) groups excluding carboxylic acids is 1. The Morgan fingerprint density at radius 1 is 1.07 bits per heavy atom. The van der Waals surface area contributed by atoms with Crippen LogP contribution in [0.25, 0.3) is 0 Å². The first-order chi connectivity index (χ1) is 13.3. The molecule has 0 saturated heterocycles. The lowest BCUT2D eigenvalue weighted by Crippen LogP contribution is -2.27. The lowest BCUT2D eigenvalue weighted by molar-refractivity contribution is 0.0782. The van der Waals surface area contributed by atoms with Crippen LogP contribution < -0.4 is 4.90 Å². The molecule has 0 saturated carbocycles. The zero-order valence-corrected chi connectivity index (χ0v) is 17.6. The van der Waals surface area contributed by atoms with Crippen LogP contribution in [0.15, 0.2) is 36.4 Å². The van der Waals surface area contributed by atoms with Gasteiger partial charge in [-0.15, -0.1) is 0 Å². The largest absolute Gasteiger partial charge is 0.508 e. The number of rotatable bonds is 8. The normalized spacial score (nSPS) is 10.9. The van der Waals surface area contributed by atoms with Gasteiger partial charge in [0.05, 0.1) is 5.56 Å². The van der Waals surface area contributed by atoms with Crippen molar-refractivity contribution in [2.45, 2.75) is 46.6 Å². The molecule has 0 aliphatic heterocycles. The summed E-state index contributed by atoms with van der Waals surface area (Å²) in [5.74, 6) is -0.416. The van der Waals surface area contributed by atoms with Crippen molar-refractivity contribution < 1.29 is 15.0 Å². The highest BCUT2D eigenvalue weighted by Gasteiger charge is 2.20. The molecule has 0 fully saturated rings. The van der Waals surface area contributed by atoms with E-state index in [0.29, 0.717) is 12.1 Å². The number of hydrogen-bond donors (Lipinski definition) is 2. The summed E-state index contributed by atoms with van der Waals surface area (Å²) in [6.45, 7) is 10.5. The third kappa shape index (κ3) is 4.97. The topological polar surface area (TPSA) is 64.0 Å². The second-order valence-electron chi connectivity index (χ2n) is 7.49. The van der Waals surface area contributed by atoms with Crippen LogP contribution >= 0.6 is 0 Å². The van der Waals surface area contributed by atoms with Gasteiger partial charge in [0.15, 0.2) is 0 Å². The van der Waals surface area contributed by atoms with E-state index in [4.69, 9.17) is 0 Å². The number of phenols is 2. The highest BCUT2D eigenvalue weighted by atomic mass is 16.3. The van der Waals surface area contributed by atoms with E-state index in [-0.39, 0.29) is 28.9 Å². The summed E-state index contributed by atoms with van der Waals surface area (Å²) in [5, 5.41) is 20.2. The maximum absolute atomic E-state index is 12.9. The molecule has 0 aliphatic carbocycles. The summed E-state index contributed by atoms with van der Waals surface area (Å²) < 4.78 is 0. The molecule has 2 rings (SSSR count). The minimum atomic E-state index is -0.272. The number of benzene rings is 2. The summed E-state index contributed by atoms with van der Waals surface area (Å²) in [7, 11) is 1.72. The zero-order chi connectivity index (χ0) is 20.8. The minimum absolute atomic E-state index is 0.00925. The summed E-state index contributed by atoms with van der Waals surface area (Å²) in [4.78, 5) is 16.8. The van der Waals surface area contributed by atoms with Gasteiger partial charge in [-0.2, -0.15) is 0 Å². The van der Waals surface area contributed by atoms with Crippen LogP contribution in [0.5, 0.6) is 11.5 Å². The maximum Gasteiger partial charge on any atom is 0.257 e. The van der Waals surface area contributed by atoms with Crippen LogP contribution in [-0.2, 0) is 6.54 Å². The van der Waals surface area contributed by atoms with Crippen LogP contribution in [-0.4, -0.2) is 41.2 Å². The number of nitrogens with zero attached hydrogens (tertiary/aromatic N) is 2. The molecule has 2 aromatic carbocycles. The quantitative estimate of drug-likeness (QED) is 0.691. The molecular weight excluding hydrogens is 352 g/mol. The first-order valence-electron chi connectivity index (χ1n) is 9.93. The van der Waals surface area contributed by atoms with Crippen molar-refractivity contribution in [1.82, 2.24) is 4.90 Å². The SMILES string of the molecule is CCCN(CC)c1cccc(CN(C)C(=O)c2cc(C(C)C)c(O)cc2O)c1. The number of anilines is 1. The van der Waals surface area contributed by atoms with Gasteiger partial charge >= 0.3 is 0 Å². The van der Waals surface area contributed by atoms with Crippen molar-refractivity contribution in [3.8, 4) is 11.5 Å². The van der Waals surface area contributed by atoms with E-state index >= 15 is 0 Å². The van der Waals surface area contributed by atoms with Crippen molar-refractivity contribution in [2.24, 2.45) is 0 Å². The van der Waals surface area contributed by atoms with Gasteiger partial charge in [0, 0.05) is 38.4 Å². The smallest absolute Gasteiger partial charge is 0.257 e. The van der Waals surface area contributed by atoms with E-state index in [1.807, 2.05) is 26.0 Å². The van der Waals surface area contributed by atoms with E-state index in [0.717, 1.165) is 30.8 Å². The lowest BCUT2D eigenvalue weighted by atomic mass is 9.98. The molecule has 0 aliphatic rings. The predicted molar refractivity (Wildman–Crippen MR) is 114 cm³/mol. The molecule has 0 radical (unpaired) electrons. The molecule has 2 aromatic rings. The Morgan fingerprint density at radius 3 is 2.39 bits per heavy atom. The molecule has 0 atom stereocenters. The minimum Gasteiger partial charge on any atom is -0.508 e. The second-order valence-corrected chi connectivity index (χ2v) is 7.49. The molecule has 0 bridgehead atoms. The molecule has 28 heavy (non-hydrogen) atoms. The average Bonchev–Trinajstić information content (AvgIpc) is 2.65. The van der Waals surface area contributed by atoms with E-state index in [1.54, 1.807) is 18.0 Å². The number of amides is 1. The Bertz CT molecular complexity index is 817. The first-order valence-corrected chi connectivity index (χ1v) is 9.93. The van der Waals surface area contributed by atoms with Gasteiger partial charge in [0.2, 0.25) is 0 Å². The number of aromatic hydroxyl groups is 2. The summed E-state index contributed by atoms with van der Waals surface area (Å²) >= 11 is 0. The average molecular weight is 385 g/mol.